The third-order valence-corrected chi connectivity index (χ3v) is 2.89. The fourth-order valence-corrected chi connectivity index (χ4v) is 1.98. The quantitative estimate of drug-likeness (QED) is 0.653. The summed E-state index contributed by atoms with van der Waals surface area (Å²) in [5.41, 5.74) is 3.34. The van der Waals surface area contributed by atoms with Gasteiger partial charge in [0, 0.05) is 18.8 Å². The molecule has 2 heterocycles. The second-order valence-electron chi connectivity index (χ2n) is 4.00. The minimum atomic E-state index is 0.468. The van der Waals surface area contributed by atoms with E-state index in [2.05, 4.69) is 9.97 Å². The molecule has 1 aromatic carbocycles. The van der Waals surface area contributed by atoms with E-state index in [0.717, 1.165) is 22.2 Å². The molecule has 0 aliphatic rings. The molecule has 3 aromatic rings. The molecule has 0 aliphatic carbocycles. The molecular formula is C13H12N4. The highest BCUT2D eigenvalue weighted by molar-refractivity contribution is 5.92. The Hall–Kier alpha value is -2.36. The van der Waals surface area contributed by atoms with Crippen LogP contribution >= 0.6 is 0 Å². The SMILES string of the molecule is Cn1cnc2[nH]cc(-c3ccccc3)c2c1=N. The van der Waals surface area contributed by atoms with Crippen LogP contribution in [0.25, 0.3) is 22.2 Å². The molecule has 0 spiro atoms. The second-order valence-corrected chi connectivity index (χ2v) is 4.00. The minimum absolute atomic E-state index is 0.468. The van der Waals surface area contributed by atoms with Crippen LogP contribution in [0, 0.1) is 5.41 Å². The normalized spacial score (nSPS) is 10.9. The molecule has 2 N–H and O–H groups in total. The number of H-pyrrole nitrogens is 1. The molecule has 0 amide bonds. The zero-order valence-corrected chi connectivity index (χ0v) is 9.44. The summed E-state index contributed by atoms with van der Waals surface area (Å²) in [7, 11) is 1.83. The maximum absolute atomic E-state index is 8.10. The van der Waals surface area contributed by atoms with E-state index >= 15 is 0 Å². The number of aromatic nitrogens is 3. The van der Waals surface area contributed by atoms with Crippen LogP contribution in [0.1, 0.15) is 0 Å². The van der Waals surface area contributed by atoms with Crippen LogP contribution in [0.5, 0.6) is 0 Å². The Bertz CT molecular complexity index is 722. The van der Waals surface area contributed by atoms with Crippen molar-refractivity contribution in [1.29, 1.82) is 5.41 Å². The van der Waals surface area contributed by atoms with Crippen LogP contribution in [0.4, 0.5) is 0 Å². The second kappa shape index (κ2) is 3.59. The predicted molar refractivity (Wildman–Crippen MR) is 66.4 cm³/mol. The third kappa shape index (κ3) is 1.45. The van der Waals surface area contributed by atoms with E-state index in [4.69, 9.17) is 5.41 Å². The van der Waals surface area contributed by atoms with Crippen molar-refractivity contribution in [3.8, 4) is 11.1 Å². The average molecular weight is 224 g/mol. The largest absolute Gasteiger partial charge is 0.345 e. The van der Waals surface area contributed by atoms with Gasteiger partial charge in [0.25, 0.3) is 0 Å². The van der Waals surface area contributed by atoms with Crippen LogP contribution in [-0.4, -0.2) is 14.5 Å². The number of nitrogens with zero attached hydrogens (tertiary/aromatic N) is 2. The molecule has 0 aliphatic heterocycles. The molecule has 84 valence electrons. The summed E-state index contributed by atoms with van der Waals surface area (Å²) in [6, 6.07) is 10.0. The van der Waals surface area contributed by atoms with Crippen molar-refractivity contribution < 1.29 is 0 Å². The van der Waals surface area contributed by atoms with E-state index in [1.807, 2.05) is 43.6 Å². The van der Waals surface area contributed by atoms with Gasteiger partial charge in [-0.3, -0.25) is 5.41 Å². The van der Waals surface area contributed by atoms with Crippen molar-refractivity contribution >= 4 is 11.0 Å². The first-order valence-electron chi connectivity index (χ1n) is 5.40. The van der Waals surface area contributed by atoms with Crippen molar-refractivity contribution in [2.75, 3.05) is 0 Å². The Kier molecular flexibility index (Phi) is 2.08. The fourth-order valence-electron chi connectivity index (χ4n) is 1.98. The van der Waals surface area contributed by atoms with Crippen molar-refractivity contribution in [1.82, 2.24) is 14.5 Å². The van der Waals surface area contributed by atoms with Gasteiger partial charge in [-0.1, -0.05) is 30.3 Å². The Balaban J connectivity index is 2.39. The van der Waals surface area contributed by atoms with Crippen molar-refractivity contribution in [3.63, 3.8) is 0 Å². The van der Waals surface area contributed by atoms with E-state index in [9.17, 15) is 0 Å². The number of hydrogen-bond acceptors (Lipinski definition) is 2. The monoisotopic (exact) mass is 224 g/mol. The fraction of sp³-hybridized carbons (Fsp3) is 0.0769. The first-order valence-corrected chi connectivity index (χ1v) is 5.40. The van der Waals surface area contributed by atoms with E-state index in [1.54, 1.807) is 10.9 Å². The van der Waals surface area contributed by atoms with Crippen LogP contribution in [-0.2, 0) is 7.05 Å². The van der Waals surface area contributed by atoms with E-state index in [0.29, 0.717) is 5.49 Å². The summed E-state index contributed by atoms with van der Waals surface area (Å²) in [5, 5.41) is 8.96. The number of fused-ring (bicyclic) bond motifs is 1. The zero-order chi connectivity index (χ0) is 11.8. The number of nitrogens with one attached hydrogen (secondary N) is 2. The standard InChI is InChI=1S/C13H12N4/c1-17-8-16-13-11(12(17)14)10(7-15-13)9-5-3-2-4-6-9/h2-8,14-15H,1H3. The topological polar surface area (TPSA) is 57.5 Å². The lowest BCUT2D eigenvalue weighted by molar-refractivity contribution is 0.805. The molecule has 0 atom stereocenters. The van der Waals surface area contributed by atoms with Gasteiger partial charge in [0.2, 0.25) is 0 Å². The smallest absolute Gasteiger partial charge is 0.143 e. The molecule has 4 nitrogen and oxygen atoms in total. The van der Waals surface area contributed by atoms with E-state index in [1.165, 1.54) is 0 Å². The summed E-state index contributed by atoms with van der Waals surface area (Å²) in [6.07, 6.45) is 3.56. The lowest BCUT2D eigenvalue weighted by Gasteiger charge is -2.01. The third-order valence-electron chi connectivity index (χ3n) is 2.89. The molecule has 0 radical (unpaired) electrons. The highest BCUT2D eigenvalue weighted by atomic mass is 15.0. The van der Waals surface area contributed by atoms with Crippen LogP contribution in [0.15, 0.2) is 42.9 Å². The predicted octanol–water partition coefficient (Wildman–Crippen LogP) is 2.05. The number of rotatable bonds is 1. The molecule has 2 aromatic heterocycles. The molecular weight excluding hydrogens is 212 g/mol. The molecule has 3 rings (SSSR count). The molecule has 0 saturated carbocycles. The summed E-state index contributed by atoms with van der Waals surface area (Å²) in [5.74, 6) is 0. The molecule has 17 heavy (non-hydrogen) atoms. The zero-order valence-electron chi connectivity index (χ0n) is 9.44. The van der Waals surface area contributed by atoms with Crippen molar-refractivity contribution in [2.45, 2.75) is 0 Å². The maximum Gasteiger partial charge on any atom is 0.143 e. The van der Waals surface area contributed by atoms with Gasteiger partial charge >= 0.3 is 0 Å². The van der Waals surface area contributed by atoms with Gasteiger partial charge in [-0.05, 0) is 5.56 Å². The lowest BCUT2D eigenvalue weighted by Crippen LogP contribution is -2.17. The van der Waals surface area contributed by atoms with Crippen LogP contribution in [0.2, 0.25) is 0 Å². The Labute approximate surface area is 98.1 Å². The summed E-state index contributed by atoms with van der Waals surface area (Å²) >= 11 is 0. The lowest BCUT2D eigenvalue weighted by atomic mass is 10.1. The van der Waals surface area contributed by atoms with E-state index in [-0.39, 0.29) is 0 Å². The van der Waals surface area contributed by atoms with Gasteiger partial charge < -0.3 is 9.55 Å². The molecule has 0 saturated heterocycles. The summed E-state index contributed by atoms with van der Waals surface area (Å²) < 4.78 is 1.71. The first kappa shape index (κ1) is 9.84. The number of benzene rings is 1. The van der Waals surface area contributed by atoms with Crippen molar-refractivity contribution in [2.24, 2.45) is 7.05 Å². The molecule has 0 fully saturated rings. The van der Waals surface area contributed by atoms with Gasteiger partial charge in [-0.2, -0.15) is 0 Å². The summed E-state index contributed by atoms with van der Waals surface area (Å²) in [6.45, 7) is 0. The number of aromatic amines is 1. The van der Waals surface area contributed by atoms with Crippen molar-refractivity contribution in [3.05, 3.63) is 48.3 Å². The highest BCUT2D eigenvalue weighted by Gasteiger charge is 2.09. The van der Waals surface area contributed by atoms with E-state index < -0.39 is 0 Å². The molecule has 0 bridgehead atoms. The summed E-state index contributed by atoms with van der Waals surface area (Å²) in [4.78, 5) is 7.39. The van der Waals surface area contributed by atoms with Gasteiger partial charge in [-0.15, -0.1) is 0 Å². The molecule has 0 unspecified atom stereocenters. The van der Waals surface area contributed by atoms with Gasteiger partial charge in [0.05, 0.1) is 11.7 Å². The average Bonchev–Trinajstić information content (AvgIpc) is 2.79. The highest BCUT2D eigenvalue weighted by Crippen LogP contribution is 2.24. The maximum atomic E-state index is 8.10. The van der Waals surface area contributed by atoms with Crippen LogP contribution < -0.4 is 5.49 Å². The molecule has 4 heteroatoms. The first-order chi connectivity index (χ1) is 8.27. The van der Waals surface area contributed by atoms with Crippen LogP contribution in [0.3, 0.4) is 0 Å². The Morgan fingerprint density at radius 1 is 1.24 bits per heavy atom. The Morgan fingerprint density at radius 2 is 2.00 bits per heavy atom. The van der Waals surface area contributed by atoms with Gasteiger partial charge in [0.1, 0.15) is 11.1 Å². The number of hydrogen-bond donors (Lipinski definition) is 2. The van der Waals surface area contributed by atoms with Gasteiger partial charge in [-0.25, -0.2) is 4.98 Å². The number of aryl methyl sites for hydroxylation is 1. The minimum Gasteiger partial charge on any atom is -0.345 e. The van der Waals surface area contributed by atoms with Gasteiger partial charge in [0.15, 0.2) is 0 Å². The Morgan fingerprint density at radius 3 is 2.76 bits per heavy atom.